The Morgan fingerprint density at radius 2 is 1.94 bits per heavy atom. The fraction of sp³-hybridized carbons (Fsp3) is 1.00. The first-order valence-corrected chi connectivity index (χ1v) is 6.56. The summed E-state index contributed by atoms with van der Waals surface area (Å²) in [5, 5.41) is 19.3. The summed E-state index contributed by atoms with van der Waals surface area (Å²) >= 11 is 0. The zero-order valence-electron chi connectivity index (χ0n) is 10.5. The monoisotopic (exact) mass is 244 g/mol. The minimum atomic E-state index is -0.623. The molecule has 2 fully saturated rings. The first-order chi connectivity index (χ1) is 8.17. The molecule has 0 radical (unpaired) electrons. The third-order valence-corrected chi connectivity index (χ3v) is 4.11. The maximum absolute atomic E-state index is 10.2. The Morgan fingerprint density at radius 1 is 1.29 bits per heavy atom. The summed E-state index contributed by atoms with van der Waals surface area (Å²) in [4.78, 5) is 2.28. The summed E-state index contributed by atoms with van der Waals surface area (Å²) in [6.07, 6.45) is 1.06. The van der Waals surface area contributed by atoms with Crippen LogP contribution in [0.2, 0.25) is 0 Å². The number of hydrogen-bond donors (Lipinski definition) is 3. The van der Waals surface area contributed by atoms with Gasteiger partial charge < -0.3 is 20.7 Å². The molecule has 0 aromatic rings. The first kappa shape index (κ1) is 13.2. The zero-order chi connectivity index (χ0) is 12.4. The van der Waals surface area contributed by atoms with Crippen LogP contribution in [0.5, 0.6) is 0 Å². The maximum Gasteiger partial charge on any atom is 0.109 e. The molecular weight excluding hydrogens is 220 g/mol. The first-order valence-electron chi connectivity index (χ1n) is 6.56. The van der Waals surface area contributed by atoms with Crippen molar-refractivity contribution < 1.29 is 14.9 Å². The third kappa shape index (κ3) is 2.63. The summed E-state index contributed by atoms with van der Waals surface area (Å²) in [5.41, 5.74) is 5.69. The lowest BCUT2D eigenvalue weighted by Crippen LogP contribution is -2.52. The number of rotatable bonds is 3. The Kier molecular flexibility index (Phi) is 4.38. The van der Waals surface area contributed by atoms with Crippen molar-refractivity contribution in [2.45, 2.75) is 44.1 Å². The Labute approximate surface area is 103 Å². The van der Waals surface area contributed by atoms with Gasteiger partial charge in [-0.3, -0.25) is 4.90 Å². The largest absolute Gasteiger partial charge is 0.394 e. The Hall–Kier alpha value is -0.200. The fourth-order valence-electron chi connectivity index (χ4n) is 2.95. The zero-order valence-corrected chi connectivity index (χ0v) is 10.5. The molecule has 2 saturated heterocycles. The van der Waals surface area contributed by atoms with Gasteiger partial charge in [0.25, 0.3) is 0 Å². The number of nitrogens with two attached hydrogens (primary N) is 1. The average molecular weight is 244 g/mol. The number of ether oxygens (including phenoxy) is 1. The van der Waals surface area contributed by atoms with E-state index in [-0.39, 0.29) is 18.8 Å². The molecule has 0 aromatic heterocycles. The van der Waals surface area contributed by atoms with Gasteiger partial charge in [-0.15, -0.1) is 0 Å². The molecule has 2 aliphatic heterocycles. The molecule has 0 aromatic carbocycles. The number of piperidine rings is 1. The van der Waals surface area contributed by atoms with Crippen molar-refractivity contribution in [1.29, 1.82) is 0 Å². The molecule has 2 rings (SSSR count). The van der Waals surface area contributed by atoms with Crippen LogP contribution in [0.4, 0.5) is 0 Å². The van der Waals surface area contributed by atoms with Crippen LogP contribution in [-0.2, 0) is 4.74 Å². The normalized spacial score (nSPS) is 40.9. The van der Waals surface area contributed by atoms with E-state index in [1.54, 1.807) is 0 Å². The van der Waals surface area contributed by atoms with Gasteiger partial charge in [-0.1, -0.05) is 6.92 Å². The number of hydrogen-bond acceptors (Lipinski definition) is 5. The lowest BCUT2D eigenvalue weighted by atomic mass is 9.94. The topological polar surface area (TPSA) is 79.0 Å². The standard InChI is InChI=1S/C12H24N2O3/c1-8-2-4-14(5-3-8)11-9(6-13)17-10(7-15)12(11)16/h8-12,15-16H,2-7,13H2,1H3/t9-,10+,11+,12-/m0/s1. The molecule has 4 N–H and O–H groups in total. The molecule has 17 heavy (non-hydrogen) atoms. The molecule has 0 spiro atoms. The average Bonchev–Trinajstić information content (AvgIpc) is 2.67. The van der Waals surface area contributed by atoms with Crippen LogP contribution in [0.25, 0.3) is 0 Å². The maximum atomic E-state index is 10.2. The Morgan fingerprint density at radius 3 is 2.47 bits per heavy atom. The van der Waals surface area contributed by atoms with Gasteiger partial charge in [0.05, 0.1) is 18.8 Å². The van der Waals surface area contributed by atoms with E-state index in [1.165, 1.54) is 0 Å². The van der Waals surface area contributed by atoms with Crippen molar-refractivity contribution in [2.75, 3.05) is 26.2 Å². The summed E-state index contributed by atoms with van der Waals surface area (Å²) in [6, 6.07) is -0.0513. The van der Waals surface area contributed by atoms with Gasteiger partial charge in [-0.25, -0.2) is 0 Å². The Balaban J connectivity index is 2.02. The van der Waals surface area contributed by atoms with Crippen molar-refractivity contribution in [1.82, 2.24) is 4.90 Å². The predicted octanol–water partition coefficient (Wildman–Crippen LogP) is -0.834. The van der Waals surface area contributed by atoms with Crippen LogP contribution in [-0.4, -0.2) is 65.7 Å². The molecule has 0 bridgehead atoms. The number of nitrogens with zero attached hydrogens (tertiary/aromatic N) is 1. The summed E-state index contributed by atoms with van der Waals surface area (Å²) in [7, 11) is 0. The highest BCUT2D eigenvalue weighted by atomic mass is 16.5. The van der Waals surface area contributed by atoms with Crippen LogP contribution in [0.3, 0.4) is 0 Å². The molecular formula is C12H24N2O3. The van der Waals surface area contributed by atoms with Gasteiger partial charge >= 0.3 is 0 Å². The van der Waals surface area contributed by atoms with Crippen LogP contribution >= 0.6 is 0 Å². The molecule has 0 unspecified atom stereocenters. The van der Waals surface area contributed by atoms with E-state index >= 15 is 0 Å². The smallest absolute Gasteiger partial charge is 0.109 e. The van der Waals surface area contributed by atoms with Crippen molar-refractivity contribution in [2.24, 2.45) is 11.7 Å². The molecule has 0 aliphatic carbocycles. The molecule has 2 aliphatic rings. The second-order valence-corrected chi connectivity index (χ2v) is 5.33. The van der Waals surface area contributed by atoms with Gasteiger partial charge in [0.15, 0.2) is 0 Å². The predicted molar refractivity (Wildman–Crippen MR) is 64.6 cm³/mol. The van der Waals surface area contributed by atoms with Crippen LogP contribution < -0.4 is 5.73 Å². The van der Waals surface area contributed by atoms with E-state index in [4.69, 9.17) is 15.6 Å². The van der Waals surface area contributed by atoms with Crippen molar-refractivity contribution in [3.05, 3.63) is 0 Å². The number of aliphatic hydroxyl groups excluding tert-OH is 2. The molecule has 0 saturated carbocycles. The minimum absolute atomic E-state index is 0.0513. The van der Waals surface area contributed by atoms with Gasteiger partial charge in [-0.05, 0) is 31.8 Å². The van der Waals surface area contributed by atoms with E-state index in [0.717, 1.165) is 31.8 Å². The van der Waals surface area contributed by atoms with E-state index in [0.29, 0.717) is 6.54 Å². The van der Waals surface area contributed by atoms with Crippen molar-refractivity contribution >= 4 is 0 Å². The molecule has 4 atom stereocenters. The minimum Gasteiger partial charge on any atom is -0.394 e. The highest BCUT2D eigenvalue weighted by molar-refractivity contribution is 4.98. The third-order valence-electron chi connectivity index (χ3n) is 4.11. The highest BCUT2D eigenvalue weighted by Gasteiger charge is 2.45. The van der Waals surface area contributed by atoms with E-state index in [1.807, 2.05) is 0 Å². The van der Waals surface area contributed by atoms with Gasteiger partial charge in [-0.2, -0.15) is 0 Å². The molecule has 5 heteroatoms. The Bertz CT molecular complexity index is 242. The van der Waals surface area contributed by atoms with Gasteiger partial charge in [0, 0.05) is 6.54 Å². The molecule has 5 nitrogen and oxygen atoms in total. The van der Waals surface area contributed by atoms with Crippen LogP contribution in [0, 0.1) is 5.92 Å². The van der Waals surface area contributed by atoms with E-state index in [9.17, 15) is 5.11 Å². The SMILES string of the molecule is CC1CCN([C@H]2[C@@H](O)[C@@H](CO)O[C@H]2CN)CC1. The summed E-state index contributed by atoms with van der Waals surface area (Å²) < 4.78 is 5.60. The lowest BCUT2D eigenvalue weighted by Gasteiger charge is -2.37. The van der Waals surface area contributed by atoms with Gasteiger partial charge in [0.1, 0.15) is 12.2 Å². The van der Waals surface area contributed by atoms with Gasteiger partial charge in [0.2, 0.25) is 0 Å². The van der Waals surface area contributed by atoms with Crippen molar-refractivity contribution in [3.63, 3.8) is 0 Å². The fourth-order valence-corrected chi connectivity index (χ4v) is 2.95. The van der Waals surface area contributed by atoms with E-state index in [2.05, 4.69) is 11.8 Å². The molecule has 0 amide bonds. The summed E-state index contributed by atoms with van der Waals surface area (Å²) in [5.74, 6) is 0.760. The van der Waals surface area contributed by atoms with Crippen LogP contribution in [0.15, 0.2) is 0 Å². The molecule has 100 valence electrons. The number of likely N-dealkylation sites (tertiary alicyclic amines) is 1. The lowest BCUT2D eigenvalue weighted by molar-refractivity contribution is -0.0193. The van der Waals surface area contributed by atoms with Crippen molar-refractivity contribution in [3.8, 4) is 0 Å². The quantitative estimate of drug-likeness (QED) is 0.604. The van der Waals surface area contributed by atoms with Crippen LogP contribution in [0.1, 0.15) is 19.8 Å². The highest BCUT2D eigenvalue weighted by Crippen LogP contribution is 2.28. The summed E-state index contributed by atoms with van der Waals surface area (Å²) in [6.45, 7) is 4.49. The number of aliphatic hydroxyl groups is 2. The second-order valence-electron chi connectivity index (χ2n) is 5.33. The second kappa shape index (κ2) is 5.63. The molecule has 2 heterocycles. The van der Waals surface area contributed by atoms with E-state index < -0.39 is 12.2 Å².